The smallest absolute Gasteiger partial charge is 0.141 e. The lowest BCUT2D eigenvalue weighted by Crippen LogP contribution is -1.89. The van der Waals surface area contributed by atoms with Gasteiger partial charge in [-0.1, -0.05) is 13.8 Å². The Morgan fingerprint density at radius 1 is 1.40 bits per heavy atom. The van der Waals surface area contributed by atoms with Gasteiger partial charge >= 0.3 is 0 Å². The van der Waals surface area contributed by atoms with Crippen LogP contribution >= 0.6 is 0 Å². The van der Waals surface area contributed by atoms with Crippen LogP contribution in [-0.2, 0) is 0 Å². The number of rotatable bonds is 1. The quantitative estimate of drug-likeness (QED) is 0.582. The highest BCUT2D eigenvalue weighted by Gasteiger charge is 1.99. The summed E-state index contributed by atoms with van der Waals surface area (Å²) in [5.41, 5.74) is 0.944. The van der Waals surface area contributed by atoms with Gasteiger partial charge in [0, 0.05) is 6.20 Å². The first-order chi connectivity index (χ1) is 4.70. The number of pyridine rings is 1. The Hall–Kier alpha value is -0.920. The summed E-state index contributed by atoms with van der Waals surface area (Å²) in [4.78, 5) is 3.73. The van der Waals surface area contributed by atoms with Gasteiger partial charge in [-0.25, -0.2) is 4.39 Å². The maximum atomic E-state index is 12.5. The molecule has 1 heterocycles. The summed E-state index contributed by atoms with van der Waals surface area (Å²) in [6, 6.07) is 1.51. The van der Waals surface area contributed by atoms with E-state index in [0.717, 1.165) is 5.56 Å². The monoisotopic (exact) mass is 139 g/mol. The van der Waals surface area contributed by atoms with E-state index in [9.17, 15) is 4.39 Å². The van der Waals surface area contributed by atoms with Crippen LogP contribution in [0.1, 0.15) is 25.3 Å². The third-order valence-corrected chi connectivity index (χ3v) is 1.39. The highest BCUT2D eigenvalue weighted by molar-refractivity contribution is 5.13. The van der Waals surface area contributed by atoms with Crippen LogP contribution in [0.3, 0.4) is 0 Å². The van der Waals surface area contributed by atoms with Gasteiger partial charge in [-0.2, -0.15) is 0 Å². The summed E-state index contributed by atoms with van der Waals surface area (Å²) in [7, 11) is 0. The van der Waals surface area contributed by atoms with E-state index in [2.05, 4.69) is 4.98 Å². The molecule has 1 aromatic heterocycles. The van der Waals surface area contributed by atoms with Crippen molar-refractivity contribution in [3.63, 3.8) is 0 Å². The van der Waals surface area contributed by atoms with Crippen molar-refractivity contribution in [1.82, 2.24) is 4.98 Å². The molecule has 10 heavy (non-hydrogen) atoms. The van der Waals surface area contributed by atoms with Gasteiger partial charge in [0.05, 0.1) is 6.20 Å². The van der Waals surface area contributed by atoms with Crippen molar-refractivity contribution in [3.05, 3.63) is 29.8 Å². The number of hydrogen-bond donors (Lipinski definition) is 0. The Labute approximate surface area is 59.9 Å². The molecule has 0 atom stereocenters. The first-order valence-electron chi connectivity index (χ1n) is 3.30. The Morgan fingerprint density at radius 2 is 2.10 bits per heavy atom. The minimum Gasteiger partial charge on any atom is -0.261 e. The van der Waals surface area contributed by atoms with Crippen molar-refractivity contribution in [2.75, 3.05) is 0 Å². The minimum absolute atomic E-state index is 0.258. The van der Waals surface area contributed by atoms with Crippen molar-refractivity contribution in [1.29, 1.82) is 0 Å². The van der Waals surface area contributed by atoms with Crippen molar-refractivity contribution in [3.8, 4) is 0 Å². The molecular weight excluding hydrogens is 129 g/mol. The number of aromatic nitrogens is 1. The SMILES string of the molecule is CC(C)c1cncc(F)c1. The summed E-state index contributed by atoms with van der Waals surface area (Å²) >= 11 is 0. The average molecular weight is 139 g/mol. The Bertz CT molecular complexity index is 220. The van der Waals surface area contributed by atoms with Crippen LogP contribution in [0.15, 0.2) is 18.5 Å². The molecule has 0 unspecified atom stereocenters. The Balaban J connectivity index is 2.96. The molecule has 1 rings (SSSR count). The molecule has 0 amide bonds. The summed E-state index contributed by atoms with van der Waals surface area (Å²) in [5.74, 6) is 0.0920. The van der Waals surface area contributed by atoms with Gasteiger partial charge in [-0.3, -0.25) is 4.98 Å². The molecule has 0 spiro atoms. The van der Waals surface area contributed by atoms with Gasteiger partial charge in [-0.05, 0) is 17.5 Å². The third-order valence-electron chi connectivity index (χ3n) is 1.39. The number of halogens is 1. The van der Waals surface area contributed by atoms with Crippen LogP contribution in [0.25, 0.3) is 0 Å². The van der Waals surface area contributed by atoms with Crippen LogP contribution < -0.4 is 0 Å². The van der Waals surface area contributed by atoms with Gasteiger partial charge in [0.2, 0.25) is 0 Å². The lowest BCUT2D eigenvalue weighted by Gasteiger charge is -2.02. The largest absolute Gasteiger partial charge is 0.261 e. The van der Waals surface area contributed by atoms with E-state index in [1.807, 2.05) is 13.8 Å². The van der Waals surface area contributed by atoms with Gasteiger partial charge < -0.3 is 0 Å². The topological polar surface area (TPSA) is 12.9 Å². The van der Waals surface area contributed by atoms with Crippen molar-refractivity contribution in [2.24, 2.45) is 0 Å². The summed E-state index contributed by atoms with van der Waals surface area (Å²) < 4.78 is 12.5. The summed E-state index contributed by atoms with van der Waals surface area (Å²) in [6.07, 6.45) is 2.90. The van der Waals surface area contributed by atoms with Crippen LogP contribution in [0, 0.1) is 5.82 Å². The molecule has 0 saturated carbocycles. The first kappa shape index (κ1) is 7.19. The van der Waals surface area contributed by atoms with Crippen molar-refractivity contribution in [2.45, 2.75) is 19.8 Å². The van der Waals surface area contributed by atoms with Crippen LogP contribution in [0.2, 0.25) is 0 Å². The highest BCUT2D eigenvalue weighted by atomic mass is 19.1. The fourth-order valence-electron chi connectivity index (χ4n) is 0.744. The van der Waals surface area contributed by atoms with E-state index in [1.165, 1.54) is 12.3 Å². The Morgan fingerprint density at radius 3 is 2.50 bits per heavy atom. The average Bonchev–Trinajstić information content (AvgIpc) is 1.88. The van der Waals surface area contributed by atoms with Crippen LogP contribution in [0.4, 0.5) is 4.39 Å². The lowest BCUT2D eigenvalue weighted by atomic mass is 10.1. The predicted molar refractivity (Wildman–Crippen MR) is 38.3 cm³/mol. The number of hydrogen-bond acceptors (Lipinski definition) is 1. The highest BCUT2D eigenvalue weighted by Crippen LogP contribution is 2.12. The molecule has 0 N–H and O–H groups in total. The normalized spacial score (nSPS) is 10.4. The number of nitrogens with zero attached hydrogens (tertiary/aromatic N) is 1. The van der Waals surface area contributed by atoms with Crippen LogP contribution in [0.5, 0.6) is 0 Å². The lowest BCUT2D eigenvalue weighted by molar-refractivity contribution is 0.616. The van der Waals surface area contributed by atoms with Crippen LogP contribution in [-0.4, -0.2) is 4.98 Å². The molecule has 1 nitrogen and oxygen atoms in total. The molecule has 0 radical (unpaired) electrons. The zero-order valence-electron chi connectivity index (χ0n) is 6.13. The van der Waals surface area contributed by atoms with Gasteiger partial charge in [0.25, 0.3) is 0 Å². The van der Waals surface area contributed by atoms with Crippen molar-refractivity contribution >= 4 is 0 Å². The maximum Gasteiger partial charge on any atom is 0.141 e. The molecule has 0 aliphatic heterocycles. The fourth-order valence-corrected chi connectivity index (χ4v) is 0.744. The minimum atomic E-state index is -0.258. The molecule has 2 heteroatoms. The van der Waals surface area contributed by atoms with Crippen molar-refractivity contribution < 1.29 is 4.39 Å². The van der Waals surface area contributed by atoms with E-state index in [1.54, 1.807) is 6.20 Å². The second-order valence-electron chi connectivity index (χ2n) is 2.59. The van der Waals surface area contributed by atoms with E-state index in [0.29, 0.717) is 5.92 Å². The second kappa shape index (κ2) is 2.78. The van der Waals surface area contributed by atoms with E-state index >= 15 is 0 Å². The fraction of sp³-hybridized carbons (Fsp3) is 0.375. The first-order valence-corrected chi connectivity index (χ1v) is 3.30. The standard InChI is InChI=1S/C8H10FN/c1-6(2)7-3-8(9)5-10-4-7/h3-6H,1-2H3. The predicted octanol–water partition coefficient (Wildman–Crippen LogP) is 2.34. The summed E-state index contributed by atoms with van der Waals surface area (Å²) in [5, 5.41) is 0. The van der Waals surface area contributed by atoms with Gasteiger partial charge in [0.1, 0.15) is 5.82 Å². The molecule has 0 saturated heterocycles. The zero-order chi connectivity index (χ0) is 7.56. The van der Waals surface area contributed by atoms with Gasteiger partial charge in [-0.15, -0.1) is 0 Å². The van der Waals surface area contributed by atoms with E-state index in [4.69, 9.17) is 0 Å². The second-order valence-corrected chi connectivity index (χ2v) is 2.59. The molecule has 0 bridgehead atoms. The molecule has 1 aromatic rings. The zero-order valence-corrected chi connectivity index (χ0v) is 6.13. The molecule has 0 fully saturated rings. The summed E-state index contributed by atoms with van der Waals surface area (Å²) in [6.45, 7) is 4.02. The maximum absolute atomic E-state index is 12.5. The Kier molecular flexibility index (Phi) is 2.00. The molecule has 0 aliphatic rings. The van der Waals surface area contributed by atoms with E-state index in [-0.39, 0.29) is 5.82 Å². The molecule has 54 valence electrons. The van der Waals surface area contributed by atoms with Gasteiger partial charge in [0.15, 0.2) is 0 Å². The molecular formula is C8H10FN. The third kappa shape index (κ3) is 1.53. The molecule has 0 aliphatic carbocycles. The molecule has 0 aromatic carbocycles. The van der Waals surface area contributed by atoms with E-state index < -0.39 is 0 Å².